The molecule has 2 rings (SSSR count). The van der Waals surface area contributed by atoms with Gasteiger partial charge in [-0.15, -0.1) is 0 Å². The predicted molar refractivity (Wildman–Crippen MR) is 97.0 cm³/mol. The second-order valence-corrected chi connectivity index (χ2v) is 5.48. The summed E-state index contributed by atoms with van der Waals surface area (Å²) in [6.45, 7) is 2.00. The number of thiocarbonyl (C=S) groups is 1. The van der Waals surface area contributed by atoms with Gasteiger partial charge in [-0.25, -0.2) is 0 Å². The summed E-state index contributed by atoms with van der Waals surface area (Å²) in [5, 5.41) is 3.95. The van der Waals surface area contributed by atoms with Crippen LogP contribution in [0.3, 0.4) is 0 Å². The molecule has 0 aliphatic rings. The van der Waals surface area contributed by atoms with E-state index in [-0.39, 0.29) is 0 Å². The van der Waals surface area contributed by atoms with Crippen molar-refractivity contribution in [3.8, 4) is 11.5 Å². The van der Waals surface area contributed by atoms with Crippen molar-refractivity contribution >= 4 is 17.3 Å². The van der Waals surface area contributed by atoms with Gasteiger partial charge in [0.2, 0.25) is 0 Å². The SMILES string of the molecule is COc1ccc(CNC(=S)N(C)CCOc2ccccc2)cc1. The van der Waals surface area contributed by atoms with Gasteiger partial charge >= 0.3 is 0 Å². The van der Waals surface area contributed by atoms with Crippen LogP contribution in [0, 0.1) is 0 Å². The normalized spacial score (nSPS) is 10.0. The topological polar surface area (TPSA) is 33.7 Å². The van der Waals surface area contributed by atoms with Crippen molar-refractivity contribution in [2.45, 2.75) is 6.54 Å². The van der Waals surface area contributed by atoms with Crippen molar-refractivity contribution in [1.29, 1.82) is 0 Å². The molecular formula is C18H22N2O2S. The zero-order chi connectivity index (χ0) is 16.5. The molecule has 0 bridgehead atoms. The molecule has 0 spiro atoms. The van der Waals surface area contributed by atoms with Crippen molar-refractivity contribution in [1.82, 2.24) is 10.2 Å². The van der Waals surface area contributed by atoms with Gasteiger partial charge in [0.15, 0.2) is 5.11 Å². The number of rotatable bonds is 7. The fourth-order valence-corrected chi connectivity index (χ4v) is 2.14. The molecule has 0 heterocycles. The zero-order valence-corrected chi connectivity index (χ0v) is 14.3. The maximum atomic E-state index is 5.67. The van der Waals surface area contributed by atoms with Crippen LogP contribution in [-0.4, -0.2) is 37.3 Å². The van der Waals surface area contributed by atoms with E-state index in [0.29, 0.717) is 18.3 Å². The van der Waals surface area contributed by atoms with Gasteiger partial charge in [0.05, 0.1) is 13.7 Å². The Hall–Kier alpha value is -2.27. The summed E-state index contributed by atoms with van der Waals surface area (Å²) in [4.78, 5) is 1.97. The van der Waals surface area contributed by atoms with Crippen molar-refractivity contribution in [3.05, 3.63) is 60.2 Å². The minimum absolute atomic E-state index is 0.588. The lowest BCUT2D eigenvalue weighted by Gasteiger charge is -2.21. The second-order valence-electron chi connectivity index (χ2n) is 5.09. The highest BCUT2D eigenvalue weighted by molar-refractivity contribution is 7.80. The number of methoxy groups -OCH3 is 1. The van der Waals surface area contributed by atoms with E-state index in [0.717, 1.165) is 23.6 Å². The molecule has 122 valence electrons. The molecule has 0 aliphatic heterocycles. The third kappa shape index (κ3) is 5.79. The van der Waals surface area contributed by atoms with Crippen LogP contribution in [0.1, 0.15) is 5.56 Å². The summed E-state index contributed by atoms with van der Waals surface area (Å²) in [6.07, 6.45) is 0. The Balaban J connectivity index is 1.69. The number of ether oxygens (including phenoxy) is 2. The molecule has 0 fully saturated rings. The number of hydrogen-bond acceptors (Lipinski definition) is 3. The van der Waals surface area contributed by atoms with E-state index in [1.54, 1.807) is 7.11 Å². The summed E-state index contributed by atoms with van der Waals surface area (Å²) in [5.41, 5.74) is 1.15. The summed E-state index contributed by atoms with van der Waals surface area (Å²) in [6, 6.07) is 17.7. The van der Waals surface area contributed by atoms with Gasteiger partial charge in [0.25, 0.3) is 0 Å². The van der Waals surface area contributed by atoms with E-state index in [9.17, 15) is 0 Å². The minimum Gasteiger partial charge on any atom is -0.497 e. The van der Waals surface area contributed by atoms with Gasteiger partial charge in [0, 0.05) is 13.6 Å². The van der Waals surface area contributed by atoms with E-state index >= 15 is 0 Å². The highest BCUT2D eigenvalue weighted by atomic mass is 32.1. The smallest absolute Gasteiger partial charge is 0.169 e. The first-order valence-corrected chi connectivity index (χ1v) is 7.89. The summed E-state index contributed by atoms with van der Waals surface area (Å²) >= 11 is 5.39. The molecule has 0 saturated carbocycles. The lowest BCUT2D eigenvalue weighted by Crippen LogP contribution is -2.38. The third-order valence-corrected chi connectivity index (χ3v) is 3.84. The van der Waals surface area contributed by atoms with E-state index in [1.165, 1.54) is 0 Å². The minimum atomic E-state index is 0.588. The standard InChI is InChI=1S/C18H22N2O2S/c1-20(12-13-22-17-6-4-3-5-7-17)18(23)19-14-15-8-10-16(21-2)11-9-15/h3-11H,12-14H2,1-2H3,(H,19,23). The molecule has 0 radical (unpaired) electrons. The van der Waals surface area contributed by atoms with E-state index in [4.69, 9.17) is 21.7 Å². The molecule has 0 unspecified atom stereocenters. The number of hydrogen-bond donors (Lipinski definition) is 1. The Labute approximate surface area is 143 Å². The zero-order valence-electron chi connectivity index (χ0n) is 13.5. The molecular weight excluding hydrogens is 308 g/mol. The van der Waals surface area contributed by atoms with Crippen molar-refractivity contribution in [2.24, 2.45) is 0 Å². The van der Waals surface area contributed by atoms with Gasteiger partial charge in [-0.1, -0.05) is 30.3 Å². The van der Waals surface area contributed by atoms with Crippen molar-refractivity contribution < 1.29 is 9.47 Å². The van der Waals surface area contributed by atoms with Crippen LogP contribution >= 0.6 is 12.2 Å². The van der Waals surface area contributed by atoms with E-state index < -0.39 is 0 Å². The summed E-state index contributed by atoms with van der Waals surface area (Å²) in [5.74, 6) is 1.73. The Morgan fingerprint density at radius 2 is 1.74 bits per heavy atom. The first-order valence-electron chi connectivity index (χ1n) is 7.49. The molecule has 2 aromatic carbocycles. The Morgan fingerprint density at radius 1 is 1.04 bits per heavy atom. The Morgan fingerprint density at radius 3 is 2.39 bits per heavy atom. The van der Waals surface area contributed by atoms with Crippen LogP contribution in [0.4, 0.5) is 0 Å². The van der Waals surface area contributed by atoms with Gasteiger partial charge in [-0.3, -0.25) is 0 Å². The molecule has 0 aromatic heterocycles. The summed E-state index contributed by atoms with van der Waals surface area (Å²) < 4.78 is 10.8. The first kappa shape index (κ1) is 17.1. The monoisotopic (exact) mass is 330 g/mol. The molecule has 0 amide bonds. The molecule has 0 saturated heterocycles. The van der Waals surface area contributed by atoms with Crippen molar-refractivity contribution in [2.75, 3.05) is 27.3 Å². The summed E-state index contributed by atoms with van der Waals surface area (Å²) in [7, 11) is 3.62. The largest absolute Gasteiger partial charge is 0.497 e. The highest BCUT2D eigenvalue weighted by Crippen LogP contribution is 2.11. The average Bonchev–Trinajstić information content (AvgIpc) is 2.61. The molecule has 0 aliphatic carbocycles. The van der Waals surface area contributed by atoms with Crippen LogP contribution in [-0.2, 0) is 6.54 Å². The van der Waals surface area contributed by atoms with Crippen LogP contribution in [0.2, 0.25) is 0 Å². The van der Waals surface area contributed by atoms with Gasteiger partial charge in [0.1, 0.15) is 18.1 Å². The predicted octanol–water partition coefficient (Wildman–Crippen LogP) is 3.08. The maximum absolute atomic E-state index is 5.67. The maximum Gasteiger partial charge on any atom is 0.169 e. The number of likely N-dealkylation sites (N-methyl/N-ethyl adjacent to an activating group) is 1. The number of nitrogens with one attached hydrogen (secondary N) is 1. The van der Waals surface area contributed by atoms with Crippen LogP contribution in [0.5, 0.6) is 11.5 Å². The number of nitrogens with zero attached hydrogens (tertiary/aromatic N) is 1. The van der Waals surface area contributed by atoms with Crippen LogP contribution in [0.15, 0.2) is 54.6 Å². The molecule has 2 aromatic rings. The highest BCUT2D eigenvalue weighted by Gasteiger charge is 2.04. The van der Waals surface area contributed by atoms with Crippen LogP contribution < -0.4 is 14.8 Å². The first-order chi connectivity index (χ1) is 11.2. The third-order valence-electron chi connectivity index (χ3n) is 3.39. The Bertz CT molecular complexity index is 602. The molecule has 23 heavy (non-hydrogen) atoms. The fourth-order valence-electron chi connectivity index (χ4n) is 1.97. The van der Waals surface area contributed by atoms with Gasteiger partial charge < -0.3 is 19.7 Å². The molecule has 4 nitrogen and oxygen atoms in total. The molecule has 5 heteroatoms. The van der Waals surface area contributed by atoms with Gasteiger partial charge in [-0.05, 0) is 42.0 Å². The second kappa shape index (κ2) is 9.00. The van der Waals surface area contributed by atoms with E-state index in [2.05, 4.69) is 5.32 Å². The average molecular weight is 330 g/mol. The quantitative estimate of drug-likeness (QED) is 0.789. The van der Waals surface area contributed by atoms with Crippen LogP contribution in [0.25, 0.3) is 0 Å². The van der Waals surface area contributed by atoms with E-state index in [1.807, 2.05) is 66.5 Å². The Kier molecular flexibility index (Phi) is 6.69. The lowest BCUT2D eigenvalue weighted by molar-refractivity contribution is 0.283. The number of benzene rings is 2. The molecule has 0 atom stereocenters. The van der Waals surface area contributed by atoms with Crippen molar-refractivity contribution in [3.63, 3.8) is 0 Å². The molecule has 1 N–H and O–H groups in total. The number of para-hydroxylation sites is 1. The van der Waals surface area contributed by atoms with Gasteiger partial charge in [-0.2, -0.15) is 0 Å². The lowest BCUT2D eigenvalue weighted by atomic mass is 10.2. The fraction of sp³-hybridized carbons (Fsp3) is 0.278.